The van der Waals surface area contributed by atoms with Crippen molar-refractivity contribution in [2.75, 3.05) is 13.2 Å². The smallest absolute Gasteiger partial charge is 0.341 e. The van der Waals surface area contributed by atoms with Crippen LogP contribution in [0.4, 0.5) is 5.69 Å². The van der Waals surface area contributed by atoms with E-state index in [0.717, 1.165) is 13.0 Å². The van der Waals surface area contributed by atoms with E-state index in [1.165, 1.54) is 24.3 Å². The SMILES string of the molecule is CC(=O)/C(=C\c1cccc([N+](=O)[O-])c1)C(=O)OCCO[N+](=O)[O-]. The van der Waals surface area contributed by atoms with Crippen molar-refractivity contribution < 1.29 is 29.2 Å². The molecule has 0 spiro atoms. The Hall–Kier alpha value is -3.30. The number of benzene rings is 1. The van der Waals surface area contributed by atoms with Gasteiger partial charge in [-0.1, -0.05) is 12.1 Å². The molecule has 0 N–H and O–H groups in total. The van der Waals surface area contributed by atoms with Gasteiger partial charge in [0, 0.05) is 12.1 Å². The maximum Gasteiger partial charge on any atom is 0.341 e. The van der Waals surface area contributed by atoms with Crippen LogP contribution in [0.25, 0.3) is 6.08 Å². The lowest BCUT2D eigenvalue weighted by atomic mass is 10.1. The van der Waals surface area contributed by atoms with Gasteiger partial charge in [0.25, 0.3) is 10.8 Å². The summed E-state index contributed by atoms with van der Waals surface area (Å²) >= 11 is 0. The van der Waals surface area contributed by atoms with Crippen molar-refractivity contribution in [3.63, 3.8) is 0 Å². The minimum absolute atomic E-state index is 0.200. The van der Waals surface area contributed by atoms with Crippen LogP contribution in [0.2, 0.25) is 0 Å². The van der Waals surface area contributed by atoms with Crippen LogP contribution in [-0.4, -0.2) is 35.0 Å². The van der Waals surface area contributed by atoms with Crippen LogP contribution in [0.3, 0.4) is 0 Å². The van der Waals surface area contributed by atoms with Crippen LogP contribution in [0, 0.1) is 20.2 Å². The molecular formula is C13H12N2O8. The van der Waals surface area contributed by atoms with Crippen LogP contribution in [0.15, 0.2) is 29.8 Å². The van der Waals surface area contributed by atoms with Crippen LogP contribution in [0.5, 0.6) is 0 Å². The van der Waals surface area contributed by atoms with Crippen LogP contribution in [-0.2, 0) is 19.2 Å². The van der Waals surface area contributed by atoms with Gasteiger partial charge in [-0.25, -0.2) is 4.79 Å². The molecule has 0 aliphatic rings. The monoisotopic (exact) mass is 324 g/mol. The molecule has 0 atom stereocenters. The molecule has 23 heavy (non-hydrogen) atoms. The Morgan fingerprint density at radius 3 is 2.48 bits per heavy atom. The third-order valence-electron chi connectivity index (χ3n) is 2.50. The summed E-state index contributed by atoms with van der Waals surface area (Å²) in [6, 6.07) is 5.32. The number of carbonyl (C=O) groups is 2. The van der Waals surface area contributed by atoms with Gasteiger partial charge in [-0.3, -0.25) is 14.9 Å². The molecule has 0 aromatic heterocycles. The molecule has 10 nitrogen and oxygen atoms in total. The number of ketones is 1. The number of esters is 1. The molecular weight excluding hydrogens is 312 g/mol. The molecule has 0 aliphatic heterocycles. The molecule has 0 amide bonds. The number of nitro groups is 1. The molecule has 0 fully saturated rings. The van der Waals surface area contributed by atoms with Crippen molar-refractivity contribution in [2.45, 2.75) is 6.92 Å². The summed E-state index contributed by atoms with van der Waals surface area (Å²) in [4.78, 5) is 47.3. The lowest BCUT2D eigenvalue weighted by Gasteiger charge is -2.05. The van der Waals surface area contributed by atoms with Crippen LogP contribution < -0.4 is 0 Å². The van der Waals surface area contributed by atoms with Gasteiger partial charge in [-0.05, 0) is 18.6 Å². The van der Waals surface area contributed by atoms with Crippen molar-refractivity contribution >= 4 is 23.5 Å². The highest BCUT2D eigenvalue weighted by atomic mass is 17.0. The first-order valence-corrected chi connectivity index (χ1v) is 6.22. The van der Waals surface area contributed by atoms with Crippen molar-refractivity contribution in [3.8, 4) is 0 Å². The number of hydrogen-bond donors (Lipinski definition) is 0. The van der Waals surface area contributed by atoms with Gasteiger partial charge in [0.05, 0.1) is 4.92 Å². The summed E-state index contributed by atoms with van der Waals surface area (Å²) in [5, 5.41) is 19.6. The maximum atomic E-state index is 11.8. The van der Waals surface area contributed by atoms with E-state index in [2.05, 4.69) is 9.57 Å². The number of Topliss-reactive ketones (excluding diaryl/α,β-unsaturated/α-hetero) is 1. The normalized spacial score (nSPS) is 10.7. The predicted octanol–water partition coefficient (Wildman–Crippen LogP) is 1.32. The summed E-state index contributed by atoms with van der Waals surface area (Å²) in [5.41, 5.74) is -0.274. The average Bonchev–Trinajstić information content (AvgIpc) is 2.48. The van der Waals surface area contributed by atoms with Gasteiger partial charge in [-0.15, -0.1) is 10.1 Å². The van der Waals surface area contributed by atoms with Crippen molar-refractivity contribution in [2.24, 2.45) is 0 Å². The van der Waals surface area contributed by atoms with E-state index in [1.807, 2.05) is 0 Å². The Morgan fingerprint density at radius 2 is 1.91 bits per heavy atom. The molecule has 0 unspecified atom stereocenters. The quantitative estimate of drug-likeness (QED) is 0.133. The molecule has 0 radical (unpaired) electrons. The van der Waals surface area contributed by atoms with E-state index in [1.54, 1.807) is 0 Å². The zero-order valence-corrected chi connectivity index (χ0v) is 12.0. The second kappa shape index (κ2) is 8.22. The molecule has 0 bridgehead atoms. The molecule has 0 saturated carbocycles. The zero-order valence-electron chi connectivity index (χ0n) is 12.0. The molecule has 1 rings (SSSR count). The van der Waals surface area contributed by atoms with Gasteiger partial charge in [0.2, 0.25) is 0 Å². The summed E-state index contributed by atoms with van der Waals surface area (Å²) in [6.45, 7) is 0.234. The largest absolute Gasteiger partial charge is 0.460 e. The Morgan fingerprint density at radius 1 is 1.22 bits per heavy atom. The molecule has 10 heteroatoms. The predicted molar refractivity (Wildman–Crippen MR) is 75.7 cm³/mol. The summed E-state index contributed by atoms with van der Waals surface area (Å²) in [5.74, 6) is -1.62. The maximum absolute atomic E-state index is 11.8. The van der Waals surface area contributed by atoms with Gasteiger partial charge in [0.15, 0.2) is 5.78 Å². The lowest BCUT2D eigenvalue weighted by molar-refractivity contribution is -0.757. The van der Waals surface area contributed by atoms with Gasteiger partial charge in [0.1, 0.15) is 18.8 Å². The first-order chi connectivity index (χ1) is 10.8. The lowest BCUT2D eigenvalue weighted by Crippen LogP contribution is -2.17. The van der Waals surface area contributed by atoms with Crippen molar-refractivity contribution in [1.29, 1.82) is 0 Å². The molecule has 0 aliphatic carbocycles. The van der Waals surface area contributed by atoms with Gasteiger partial charge >= 0.3 is 5.97 Å². The standard InChI is InChI=1S/C13H12N2O8/c1-9(16)12(13(17)22-5-6-23-15(20)21)8-10-3-2-4-11(7-10)14(18)19/h2-4,7-8H,5-6H2,1H3/b12-8+. The third-order valence-corrected chi connectivity index (χ3v) is 2.50. The second-order valence-corrected chi connectivity index (χ2v) is 4.16. The second-order valence-electron chi connectivity index (χ2n) is 4.16. The van der Waals surface area contributed by atoms with E-state index >= 15 is 0 Å². The number of nitro benzene ring substituents is 1. The first kappa shape index (κ1) is 17.8. The van der Waals surface area contributed by atoms with Crippen LogP contribution >= 0.6 is 0 Å². The van der Waals surface area contributed by atoms with E-state index in [9.17, 15) is 29.8 Å². The Labute approximate surface area is 129 Å². The number of non-ortho nitro benzene ring substituents is 1. The molecule has 122 valence electrons. The summed E-state index contributed by atoms with van der Waals surface area (Å²) < 4.78 is 4.67. The number of rotatable bonds is 8. The Bertz CT molecular complexity index is 668. The van der Waals surface area contributed by atoms with E-state index in [4.69, 9.17) is 0 Å². The van der Waals surface area contributed by atoms with Crippen molar-refractivity contribution in [1.82, 2.24) is 0 Å². The number of hydrogen-bond acceptors (Lipinski definition) is 8. The average molecular weight is 324 g/mol. The van der Waals surface area contributed by atoms with Crippen molar-refractivity contribution in [3.05, 3.63) is 55.6 Å². The molecule has 1 aromatic rings. The molecule has 1 aromatic carbocycles. The minimum atomic E-state index is -1.04. The van der Waals surface area contributed by atoms with E-state index < -0.39 is 35.0 Å². The zero-order chi connectivity index (χ0) is 17.4. The fraction of sp³-hybridized carbons (Fsp3) is 0.231. The number of ether oxygens (including phenoxy) is 1. The van der Waals surface area contributed by atoms with E-state index in [0.29, 0.717) is 0 Å². The van der Waals surface area contributed by atoms with Crippen LogP contribution in [0.1, 0.15) is 12.5 Å². The minimum Gasteiger partial charge on any atom is -0.460 e. The highest BCUT2D eigenvalue weighted by Crippen LogP contribution is 2.16. The first-order valence-electron chi connectivity index (χ1n) is 6.22. The summed E-state index contributed by atoms with van der Waals surface area (Å²) in [6.07, 6.45) is 1.14. The number of carbonyl (C=O) groups excluding carboxylic acids is 2. The fourth-order valence-electron chi connectivity index (χ4n) is 1.52. The summed E-state index contributed by atoms with van der Waals surface area (Å²) in [7, 11) is 0. The fourth-order valence-corrected chi connectivity index (χ4v) is 1.52. The molecule has 0 saturated heterocycles. The highest BCUT2D eigenvalue weighted by Gasteiger charge is 2.17. The highest BCUT2D eigenvalue weighted by molar-refractivity contribution is 6.19. The Kier molecular flexibility index (Phi) is 6.34. The van der Waals surface area contributed by atoms with Gasteiger partial charge in [-0.2, -0.15) is 0 Å². The third kappa shape index (κ3) is 5.91. The molecule has 0 heterocycles. The number of nitrogens with zero attached hydrogens (tertiary/aromatic N) is 2. The van der Waals surface area contributed by atoms with Gasteiger partial charge < -0.3 is 9.57 Å². The van der Waals surface area contributed by atoms with E-state index in [-0.39, 0.29) is 16.8 Å². The Balaban J connectivity index is 2.86. The topological polar surface area (TPSA) is 139 Å².